The topological polar surface area (TPSA) is 116 Å². The van der Waals surface area contributed by atoms with E-state index in [1.54, 1.807) is 24.3 Å². The van der Waals surface area contributed by atoms with Crippen molar-refractivity contribution >= 4 is 28.8 Å². The standard InChI is InChI=1S/C19H20N4O5S/c1-5-28-12-8-6-11(7-9-12)14-20-15-13(16(21-14)29-10(2)18(25)26)17(24)23(4)19(27)22(15)3/h6-10H,5H2,1-4H3,(H,25,26)/t10-/m1/s1. The van der Waals surface area contributed by atoms with Gasteiger partial charge in [0.1, 0.15) is 21.4 Å². The van der Waals surface area contributed by atoms with Crippen LogP contribution in [0.1, 0.15) is 13.8 Å². The molecule has 0 aliphatic carbocycles. The number of ether oxygens (including phenoxy) is 1. The zero-order valence-corrected chi connectivity index (χ0v) is 17.2. The number of carboxylic acid groups (broad SMARTS) is 1. The molecule has 1 N–H and O–H groups in total. The van der Waals surface area contributed by atoms with E-state index in [0.717, 1.165) is 16.3 Å². The van der Waals surface area contributed by atoms with Crippen molar-refractivity contribution in [2.75, 3.05) is 6.61 Å². The minimum absolute atomic E-state index is 0.113. The summed E-state index contributed by atoms with van der Waals surface area (Å²) < 4.78 is 7.65. The first-order chi connectivity index (χ1) is 13.7. The minimum Gasteiger partial charge on any atom is -0.494 e. The van der Waals surface area contributed by atoms with Gasteiger partial charge in [-0.1, -0.05) is 11.8 Å². The summed E-state index contributed by atoms with van der Waals surface area (Å²) in [6.45, 7) is 3.92. The van der Waals surface area contributed by atoms with E-state index in [1.807, 2.05) is 6.92 Å². The fourth-order valence-electron chi connectivity index (χ4n) is 2.73. The molecular weight excluding hydrogens is 396 g/mol. The summed E-state index contributed by atoms with van der Waals surface area (Å²) in [7, 11) is 2.87. The molecule has 10 heteroatoms. The summed E-state index contributed by atoms with van der Waals surface area (Å²) in [5.74, 6) is -0.0673. The molecule has 0 aliphatic heterocycles. The van der Waals surface area contributed by atoms with Crippen molar-refractivity contribution in [1.82, 2.24) is 19.1 Å². The largest absolute Gasteiger partial charge is 0.494 e. The molecule has 29 heavy (non-hydrogen) atoms. The highest BCUT2D eigenvalue weighted by atomic mass is 32.2. The van der Waals surface area contributed by atoms with Crippen molar-refractivity contribution < 1.29 is 14.6 Å². The van der Waals surface area contributed by atoms with Crippen LogP contribution in [0.25, 0.3) is 22.4 Å². The third-order valence-corrected chi connectivity index (χ3v) is 5.40. The van der Waals surface area contributed by atoms with Crippen LogP contribution in [0, 0.1) is 0 Å². The minimum atomic E-state index is -1.04. The molecule has 0 unspecified atom stereocenters. The smallest absolute Gasteiger partial charge is 0.332 e. The first kappa shape index (κ1) is 20.6. The normalized spacial score (nSPS) is 12.1. The second-order valence-corrected chi connectivity index (χ2v) is 7.64. The molecule has 152 valence electrons. The third-order valence-electron chi connectivity index (χ3n) is 4.33. The Morgan fingerprint density at radius 1 is 1.17 bits per heavy atom. The van der Waals surface area contributed by atoms with Crippen molar-refractivity contribution in [2.45, 2.75) is 24.1 Å². The van der Waals surface area contributed by atoms with Crippen LogP contribution in [0.5, 0.6) is 5.75 Å². The molecule has 3 rings (SSSR count). The molecule has 0 radical (unpaired) electrons. The van der Waals surface area contributed by atoms with Crippen LogP contribution in [-0.4, -0.2) is 42.0 Å². The predicted molar refractivity (Wildman–Crippen MR) is 110 cm³/mol. The van der Waals surface area contributed by atoms with Gasteiger partial charge in [0.15, 0.2) is 11.5 Å². The Morgan fingerprint density at radius 3 is 2.41 bits per heavy atom. The molecule has 0 bridgehead atoms. The Balaban J connectivity index is 2.28. The highest BCUT2D eigenvalue weighted by Crippen LogP contribution is 2.29. The highest BCUT2D eigenvalue weighted by molar-refractivity contribution is 8.00. The summed E-state index contributed by atoms with van der Waals surface area (Å²) >= 11 is 0.935. The number of benzene rings is 1. The molecule has 9 nitrogen and oxygen atoms in total. The van der Waals surface area contributed by atoms with Gasteiger partial charge < -0.3 is 9.84 Å². The average Bonchev–Trinajstić information content (AvgIpc) is 2.70. The van der Waals surface area contributed by atoms with Crippen LogP contribution in [0.15, 0.2) is 38.9 Å². The Bertz CT molecular complexity index is 1200. The molecule has 0 aliphatic rings. The first-order valence-electron chi connectivity index (χ1n) is 8.85. The lowest BCUT2D eigenvalue weighted by molar-refractivity contribution is -0.136. The van der Waals surface area contributed by atoms with E-state index in [-0.39, 0.29) is 21.9 Å². The van der Waals surface area contributed by atoms with Crippen molar-refractivity contribution in [2.24, 2.45) is 14.1 Å². The number of aryl methyl sites for hydroxylation is 1. The lowest BCUT2D eigenvalue weighted by Gasteiger charge is -2.13. The Kier molecular flexibility index (Phi) is 5.73. The van der Waals surface area contributed by atoms with Crippen molar-refractivity contribution in [3.63, 3.8) is 0 Å². The number of aromatic nitrogens is 4. The quantitative estimate of drug-likeness (QED) is 0.476. The maximum Gasteiger partial charge on any atom is 0.332 e. The second-order valence-electron chi connectivity index (χ2n) is 6.31. The highest BCUT2D eigenvalue weighted by Gasteiger charge is 2.22. The van der Waals surface area contributed by atoms with Gasteiger partial charge in [-0.3, -0.25) is 18.7 Å². The van der Waals surface area contributed by atoms with E-state index < -0.39 is 22.5 Å². The van der Waals surface area contributed by atoms with Gasteiger partial charge in [0.25, 0.3) is 5.56 Å². The van der Waals surface area contributed by atoms with Crippen LogP contribution >= 0.6 is 11.8 Å². The first-order valence-corrected chi connectivity index (χ1v) is 9.73. The summed E-state index contributed by atoms with van der Waals surface area (Å²) in [5.41, 5.74) is -0.298. The Morgan fingerprint density at radius 2 is 1.83 bits per heavy atom. The number of hydrogen-bond donors (Lipinski definition) is 1. The van der Waals surface area contributed by atoms with Crippen molar-refractivity contribution in [3.05, 3.63) is 45.1 Å². The van der Waals surface area contributed by atoms with Gasteiger partial charge in [-0.15, -0.1) is 0 Å². The lowest BCUT2D eigenvalue weighted by atomic mass is 10.2. The number of thioether (sulfide) groups is 1. The van der Waals surface area contributed by atoms with Crippen molar-refractivity contribution in [3.8, 4) is 17.1 Å². The molecule has 1 atom stereocenters. The molecule has 0 saturated heterocycles. The van der Waals surface area contributed by atoms with Gasteiger partial charge in [0.2, 0.25) is 0 Å². The molecule has 3 aromatic rings. The molecule has 0 fully saturated rings. The summed E-state index contributed by atoms with van der Waals surface area (Å²) in [6, 6.07) is 7.06. The maximum atomic E-state index is 12.7. The molecular formula is C19H20N4O5S. The number of aliphatic carboxylic acids is 1. The third kappa shape index (κ3) is 3.88. The van der Waals surface area contributed by atoms with Crippen LogP contribution in [-0.2, 0) is 18.9 Å². The predicted octanol–water partition coefficient (Wildman–Crippen LogP) is 1.66. The van der Waals surface area contributed by atoms with Crippen molar-refractivity contribution in [1.29, 1.82) is 0 Å². The summed E-state index contributed by atoms with van der Waals surface area (Å²) in [6.07, 6.45) is 0. The van der Waals surface area contributed by atoms with Gasteiger partial charge in [0, 0.05) is 19.7 Å². The SMILES string of the molecule is CCOc1ccc(-c2nc(S[C@H](C)C(=O)O)c3c(=O)n(C)c(=O)n(C)c3n2)cc1. The summed E-state index contributed by atoms with van der Waals surface area (Å²) in [5, 5.41) is 8.77. The second kappa shape index (κ2) is 8.08. The maximum absolute atomic E-state index is 12.7. The molecule has 2 aromatic heterocycles. The molecule has 0 saturated carbocycles. The number of nitrogens with zero attached hydrogens (tertiary/aromatic N) is 4. The summed E-state index contributed by atoms with van der Waals surface area (Å²) in [4.78, 5) is 45.3. The van der Waals surface area contributed by atoms with Gasteiger partial charge >= 0.3 is 11.7 Å². The van der Waals surface area contributed by atoms with Crippen LogP contribution < -0.4 is 16.0 Å². The van der Waals surface area contributed by atoms with Gasteiger partial charge in [0.05, 0.1) is 6.61 Å². The van der Waals surface area contributed by atoms with E-state index in [1.165, 1.54) is 25.6 Å². The van der Waals surface area contributed by atoms with E-state index in [0.29, 0.717) is 17.9 Å². The van der Waals surface area contributed by atoms with Crippen LogP contribution in [0.3, 0.4) is 0 Å². The van der Waals surface area contributed by atoms with E-state index >= 15 is 0 Å². The number of hydrogen-bond acceptors (Lipinski definition) is 7. The Labute approximate surface area is 170 Å². The monoisotopic (exact) mass is 416 g/mol. The number of rotatable bonds is 6. The molecule has 0 spiro atoms. The van der Waals surface area contributed by atoms with Crippen LogP contribution in [0.2, 0.25) is 0 Å². The number of fused-ring (bicyclic) bond motifs is 1. The zero-order valence-electron chi connectivity index (χ0n) is 16.4. The van der Waals surface area contributed by atoms with E-state index in [9.17, 15) is 19.5 Å². The molecule has 0 amide bonds. The molecule has 2 heterocycles. The van der Waals surface area contributed by atoms with E-state index in [4.69, 9.17) is 4.74 Å². The van der Waals surface area contributed by atoms with Crippen LogP contribution in [0.4, 0.5) is 0 Å². The van der Waals surface area contributed by atoms with Gasteiger partial charge in [-0.25, -0.2) is 14.8 Å². The van der Waals surface area contributed by atoms with Gasteiger partial charge in [-0.2, -0.15) is 0 Å². The van der Waals surface area contributed by atoms with Gasteiger partial charge in [-0.05, 0) is 38.1 Å². The molecule has 1 aromatic carbocycles. The fraction of sp³-hybridized carbons (Fsp3) is 0.316. The average molecular weight is 416 g/mol. The fourth-order valence-corrected chi connectivity index (χ4v) is 3.60. The lowest BCUT2D eigenvalue weighted by Crippen LogP contribution is -2.37. The Hall–Kier alpha value is -3.14. The number of carbonyl (C=O) groups is 1. The van der Waals surface area contributed by atoms with E-state index in [2.05, 4.69) is 9.97 Å². The zero-order chi connectivity index (χ0) is 21.3. The number of carboxylic acids is 1.